The Hall–Kier alpha value is -5.32. The molecule has 0 bridgehead atoms. The Bertz CT molecular complexity index is 1900. The molecule has 0 aliphatic carbocycles. The largest absolute Gasteiger partial charge is 0.285 e. The van der Waals surface area contributed by atoms with Crippen LogP contribution in [0.1, 0.15) is 22.3 Å². The SMILES string of the molecule is O=c1[nH]ncc(N/N=C(/C=C/c2ccc(C/C(=N/Nc3cn[nH]c(=O)c3Cl)c3ccccc3)cc2)c2ccccc2)c1Cl. The minimum Gasteiger partial charge on any atom is -0.275 e. The number of hydrogen-bond acceptors (Lipinski definition) is 8. The maximum absolute atomic E-state index is 11.8. The van der Waals surface area contributed by atoms with Gasteiger partial charge in [0.1, 0.15) is 21.4 Å². The molecule has 5 aromatic rings. The first kappa shape index (κ1) is 29.2. The first-order chi connectivity index (χ1) is 21.0. The summed E-state index contributed by atoms with van der Waals surface area (Å²) in [5.74, 6) is 0. The first-order valence-corrected chi connectivity index (χ1v) is 13.7. The summed E-state index contributed by atoms with van der Waals surface area (Å²) >= 11 is 12.2. The molecular weight excluding hydrogens is 587 g/mol. The van der Waals surface area contributed by atoms with Gasteiger partial charge < -0.3 is 0 Å². The van der Waals surface area contributed by atoms with Gasteiger partial charge in [-0.15, -0.1) is 0 Å². The number of aromatic amines is 2. The Labute approximate surface area is 255 Å². The van der Waals surface area contributed by atoms with Crippen LogP contribution in [0.2, 0.25) is 10.0 Å². The van der Waals surface area contributed by atoms with Crippen molar-refractivity contribution >= 4 is 52.1 Å². The van der Waals surface area contributed by atoms with E-state index in [-0.39, 0.29) is 10.0 Å². The molecule has 0 fully saturated rings. The van der Waals surface area contributed by atoms with Gasteiger partial charge in [-0.1, -0.05) is 114 Å². The third kappa shape index (κ3) is 7.70. The second-order valence-electron chi connectivity index (χ2n) is 9.12. The van der Waals surface area contributed by atoms with Gasteiger partial charge in [0.2, 0.25) is 0 Å². The Morgan fingerprint density at radius 2 is 1.26 bits per heavy atom. The Balaban J connectivity index is 1.36. The van der Waals surface area contributed by atoms with E-state index >= 15 is 0 Å². The molecule has 0 saturated heterocycles. The van der Waals surface area contributed by atoms with Crippen molar-refractivity contribution in [3.05, 3.63) is 156 Å². The van der Waals surface area contributed by atoms with E-state index in [4.69, 9.17) is 23.2 Å². The van der Waals surface area contributed by atoms with E-state index < -0.39 is 11.1 Å². The molecule has 10 nitrogen and oxygen atoms in total. The highest BCUT2D eigenvalue weighted by molar-refractivity contribution is 6.33. The number of anilines is 2. The lowest BCUT2D eigenvalue weighted by molar-refractivity contribution is 0.986. The number of nitrogens with zero attached hydrogens (tertiary/aromatic N) is 4. The molecule has 4 N–H and O–H groups in total. The van der Waals surface area contributed by atoms with Gasteiger partial charge >= 0.3 is 0 Å². The zero-order chi connectivity index (χ0) is 30.0. The number of allylic oxidation sites excluding steroid dienone is 1. The van der Waals surface area contributed by atoms with E-state index in [0.717, 1.165) is 28.0 Å². The van der Waals surface area contributed by atoms with Crippen molar-refractivity contribution in [2.75, 3.05) is 10.9 Å². The first-order valence-electron chi connectivity index (χ1n) is 13.0. The van der Waals surface area contributed by atoms with Crippen molar-refractivity contribution in [1.29, 1.82) is 0 Å². The Morgan fingerprint density at radius 3 is 1.84 bits per heavy atom. The summed E-state index contributed by atoms with van der Waals surface area (Å²) < 4.78 is 0. The molecule has 0 radical (unpaired) electrons. The fourth-order valence-corrected chi connectivity index (χ4v) is 4.20. The molecule has 2 heterocycles. The predicted octanol–water partition coefficient (Wildman–Crippen LogP) is 5.75. The number of rotatable bonds is 10. The molecule has 43 heavy (non-hydrogen) atoms. The summed E-state index contributed by atoms with van der Waals surface area (Å²) in [4.78, 5) is 23.6. The molecule has 0 amide bonds. The van der Waals surface area contributed by atoms with Crippen LogP contribution in [0.3, 0.4) is 0 Å². The second kappa shape index (κ2) is 14.0. The van der Waals surface area contributed by atoms with Crippen molar-refractivity contribution in [3.63, 3.8) is 0 Å². The maximum atomic E-state index is 11.8. The van der Waals surface area contributed by atoms with Gasteiger partial charge in [-0.05, 0) is 22.8 Å². The summed E-state index contributed by atoms with van der Waals surface area (Å²) in [6.45, 7) is 0. The Kier molecular flexibility index (Phi) is 9.53. The third-order valence-corrected chi connectivity index (χ3v) is 6.91. The van der Waals surface area contributed by atoms with E-state index in [9.17, 15) is 9.59 Å². The van der Waals surface area contributed by atoms with E-state index in [1.54, 1.807) is 0 Å². The zero-order valence-electron chi connectivity index (χ0n) is 22.5. The van der Waals surface area contributed by atoms with Crippen LogP contribution in [0, 0.1) is 0 Å². The molecule has 3 aromatic carbocycles. The topological polar surface area (TPSA) is 140 Å². The van der Waals surface area contributed by atoms with Gasteiger partial charge in [-0.2, -0.15) is 20.4 Å². The van der Waals surface area contributed by atoms with Crippen molar-refractivity contribution in [3.8, 4) is 0 Å². The third-order valence-electron chi connectivity index (χ3n) is 6.16. The molecule has 0 aliphatic rings. The molecule has 0 saturated carbocycles. The van der Waals surface area contributed by atoms with Crippen molar-refractivity contribution in [2.24, 2.45) is 10.2 Å². The van der Waals surface area contributed by atoms with Crippen molar-refractivity contribution in [1.82, 2.24) is 20.4 Å². The van der Waals surface area contributed by atoms with Crippen LogP contribution < -0.4 is 22.0 Å². The standard InChI is InChI=1S/C31H24Cl2N8O2/c32-28-26(18-34-40-30(28)42)38-36-24(22-7-3-1-4-8-22)16-15-20-11-13-21(14-12-20)17-25(23-9-5-2-6-10-23)37-39-27-19-35-41-31(43)29(27)33/h1-16,18-19H,17H2,(H2,38,40,42)(H2,39,41,43)/b16-15+,36-24-,37-25-. The number of aromatic nitrogens is 4. The molecule has 0 unspecified atom stereocenters. The van der Waals surface area contributed by atoms with Gasteiger partial charge in [0, 0.05) is 12.0 Å². The fourth-order valence-electron chi connectivity index (χ4n) is 3.93. The van der Waals surface area contributed by atoms with Crippen LogP contribution in [-0.4, -0.2) is 31.8 Å². The number of benzene rings is 3. The Morgan fingerprint density at radius 1 is 0.721 bits per heavy atom. The van der Waals surface area contributed by atoms with Gasteiger partial charge in [0.05, 0.1) is 23.8 Å². The monoisotopic (exact) mass is 610 g/mol. The number of nitrogens with one attached hydrogen (secondary N) is 4. The van der Waals surface area contributed by atoms with Crippen LogP contribution in [-0.2, 0) is 6.42 Å². The quantitative estimate of drug-likeness (QED) is 0.117. The molecular formula is C31H24Cl2N8O2. The lowest BCUT2D eigenvalue weighted by atomic mass is 10.0. The summed E-state index contributed by atoms with van der Waals surface area (Å²) in [6.07, 6.45) is 7.12. The smallest absolute Gasteiger partial charge is 0.275 e. The minimum absolute atomic E-state index is 0.0203. The van der Waals surface area contributed by atoms with Crippen LogP contribution in [0.25, 0.3) is 6.08 Å². The van der Waals surface area contributed by atoms with E-state index in [1.165, 1.54) is 12.4 Å². The molecule has 2 aromatic heterocycles. The molecule has 12 heteroatoms. The van der Waals surface area contributed by atoms with Gasteiger partial charge in [-0.25, -0.2) is 10.2 Å². The van der Waals surface area contributed by atoms with Gasteiger partial charge in [0.25, 0.3) is 11.1 Å². The van der Waals surface area contributed by atoms with Crippen molar-refractivity contribution < 1.29 is 0 Å². The number of H-pyrrole nitrogens is 2. The molecule has 0 aliphatic heterocycles. The number of hydrazone groups is 2. The lowest BCUT2D eigenvalue weighted by Crippen LogP contribution is -2.12. The molecule has 214 valence electrons. The van der Waals surface area contributed by atoms with Crippen LogP contribution in [0.5, 0.6) is 0 Å². The normalized spacial score (nSPS) is 12.0. The molecule has 5 rings (SSSR count). The predicted molar refractivity (Wildman–Crippen MR) is 172 cm³/mol. The zero-order valence-corrected chi connectivity index (χ0v) is 24.0. The average molecular weight is 611 g/mol. The molecule has 0 spiro atoms. The molecule has 0 atom stereocenters. The number of hydrogen-bond donors (Lipinski definition) is 4. The van der Waals surface area contributed by atoms with Crippen LogP contribution in [0.4, 0.5) is 11.4 Å². The minimum atomic E-state index is -0.508. The van der Waals surface area contributed by atoms with Crippen LogP contribution >= 0.6 is 23.2 Å². The van der Waals surface area contributed by atoms with E-state index in [1.807, 2.05) is 97.1 Å². The highest BCUT2D eigenvalue weighted by atomic mass is 35.5. The average Bonchev–Trinajstić information content (AvgIpc) is 3.04. The van der Waals surface area contributed by atoms with Crippen LogP contribution in [0.15, 0.2) is 123 Å². The van der Waals surface area contributed by atoms with E-state index in [2.05, 4.69) is 41.4 Å². The summed E-state index contributed by atoms with van der Waals surface area (Å²) in [5.41, 5.74) is 10.4. The highest BCUT2D eigenvalue weighted by Gasteiger charge is 2.09. The number of halogens is 2. The second-order valence-corrected chi connectivity index (χ2v) is 9.87. The highest BCUT2D eigenvalue weighted by Crippen LogP contribution is 2.18. The maximum Gasteiger partial charge on any atom is 0.285 e. The summed E-state index contributed by atoms with van der Waals surface area (Å²) in [6, 6.07) is 27.3. The van der Waals surface area contributed by atoms with E-state index in [0.29, 0.717) is 23.5 Å². The van der Waals surface area contributed by atoms with Crippen molar-refractivity contribution in [2.45, 2.75) is 6.42 Å². The van der Waals surface area contributed by atoms with Gasteiger partial charge in [-0.3, -0.25) is 20.4 Å². The lowest BCUT2D eigenvalue weighted by Gasteiger charge is -2.09. The summed E-state index contributed by atoms with van der Waals surface area (Å²) in [5, 5.41) is 21.1. The fraction of sp³-hybridized carbons (Fsp3) is 0.0323. The summed E-state index contributed by atoms with van der Waals surface area (Å²) in [7, 11) is 0. The van der Waals surface area contributed by atoms with Gasteiger partial charge in [0.15, 0.2) is 0 Å².